The molecule has 1 saturated heterocycles. The molecule has 4 heterocycles. The number of aryl methyl sites for hydroxylation is 1. The number of nitrogens with zero attached hydrogens (tertiary/aromatic N) is 3. The van der Waals surface area contributed by atoms with Crippen LogP contribution in [0.15, 0.2) is 49.1 Å². The summed E-state index contributed by atoms with van der Waals surface area (Å²) in [6.07, 6.45) is 8.01. The van der Waals surface area contributed by atoms with E-state index in [9.17, 15) is 0 Å². The molecule has 0 aliphatic carbocycles. The number of benzene rings is 1. The fraction of sp³-hybridized carbons (Fsp3) is 0.385. The monoisotopic (exact) mass is 413 g/mol. The highest BCUT2D eigenvalue weighted by Gasteiger charge is 2.23. The van der Waals surface area contributed by atoms with Crippen LogP contribution in [0.25, 0.3) is 22.2 Å². The highest BCUT2D eigenvalue weighted by atomic mass is 15.1. The van der Waals surface area contributed by atoms with Crippen molar-refractivity contribution in [1.29, 1.82) is 0 Å². The predicted octanol–water partition coefficient (Wildman–Crippen LogP) is 5.76. The Bertz CT molecular complexity index is 1160. The molecule has 3 aromatic heterocycles. The molecule has 4 aromatic rings. The zero-order valence-corrected chi connectivity index (χ0v) is 18.7. The van der Waals surface area contributed by atoms with Crippen LogP contribution in [0, 0.1) is 6.92 Å². The van der Waals surface area contributed by atoms with Crippen LogP contribution < -0.4 is 0 Å². The van der Waals surface area contributed by atoms with Crippen molar-refractivity contribution in [3.05, 3.63) is 71.6 Å². The summed E-state index contributed by atoms with van der Waals surface area (Å²) in [5.74, 6) is 1.08. The summed E-state index contributed by atoms with van der Waals surface area (Å²) in [5.41, 5.74) is 8.84. The van der Waals surface area contributed by atoms with Gasteiger partial charge in [-0.25, -0.2) is 4.98 Å². The fourth-order valence-corrected chi connectivity index (χ4v) is 5.05. The lowest BCUT2D eigenvalue weighted by Crippen LogP contribution is -2.32. The van der Waals surface area contributed by atoms with Crippen LogP contribution in [0.4, 0.5) is 0 Å². The topological polar surface area (TPSA) is 60.6 Å². The normalized spacial score (nSPS) is 15.9. The number of hydrogen-bond donors (Lipinski definition) is 2. The molecule has 0 spiro atoms. The average molecular weight is 414 g/mol. The van der Waals surface area contributed by atoms with Gasteiger partial charge in [-0.15, -0.1) is 0 Å². The van der Waals surface area contributed by atoms with Gasteiger partial charge < -0.3 is 9.97 Å². The summed E-state index contributed by atoms with van der Waals surface area (Å²) in [5, 5.41) is 1.37. The second-order valence-corrected chi connectivity index (χ2v) is 9.19. The van der Waals surface area contributed by atoms with Crippen LogP contribution in [0.1, 0.15) is 61.0 Å². The number of fused-ring (bicyclic) bond motifs is 1. The van der Waals surface area contributed by atoms with Crippen LogP contribution in [0.3, 0.4) is 0 Å². The average Bonchev–Trinajstić information content (AvgIpc) is 3.41. The number of pyridine rings is 1. The lowest BCUT2D eigenvalue weighted by atomic mass is 9.87. The van der Waals surface area contributed by atoms with E-state index in [2.05, 4.69) is 75.9 Å². The minimum atomic E-state index is 0.448. The number of likely N-dealkylation sites (tertiary alicyclic amines) is 1. The second kappa shape index (κ2) is 8.31. The number of hydrogen-bond acceptors (Lipinski definition) is 3. The van der Waals surface area contributed by atoms with Crippen LogP contribution >= 0.6 is 0 Å². The van der Waals surface area contributed by atoms with Gasteiger partial charge in [0.1, 0.15) is 0 Å². The largest absolute Gasteiger partial charge is 0.354 e. The van der Waals surface area contributed by atoms with Crippen molar-refractivity contribution in [3.63, 3.8) is 0 Å². The van der Waals surface area contributed by atoms with Gasteiger partial charge in [-0.3, -0.25) is 9.88 Å². The Kier molecular flexibility index (Phi) is 5.36. The summed E-state index contributed by atoms with van der Waals surface area (Å²) in [6, 6.07) is 11.4. The van der Waals surface area contributed by atoms with E-state index in [0.29, 0.717) is 11.8 Å². The van der Waals surface area contributed by atoms with E-state index in [-0.39, 0.29) is 0 Å². The first-order valence-electron chi connectivity index (χ1n) is 11.4. The fourth-order valence-electron chi connectivity index (χ4n) is 5.05. The van der Waals surface area contributed by atoms with Gasteiger partial charge >= 0.3 is 0 Å². The molecule has 5 heteroatoms. The molecule has 5 nitrogen and oxygen atoms in total. The molecule has 0 atom stereocenters. The Morgan fingerprint density at radius 3 is 2.68 bits per heavy atom. The number of aromatic nitrogens is 4. The first kappa shape index (κ1) is 20.0. The lowest BCUT2D eigenvalue weighted by Gasteiger charge is -2.31. The van der Waals surface area contributed by atoms with Crippen molar-refractivity contribution in [2.75, 3.05) is 13.1 Å². The third-order valence-corrected chi connectivity index (χ3v) is 6.63. The maximum absolute atomic E-state index is 4.38. The van der Waals surface area contributed by atoms with Gasteiger partial charge in [0.2, 0.25) is 0 Å². The number of aromatic amines is 2. The zero-order valence-electron chi connectivity index (χ0n) is 18.7. The van der Waals surface area contributed by atoms with E-state index in [1.54, 1.807) is 6.33 Å². The summed E-state index contributed by atoms with van der Waals surface area (Å²) in [4.78, 5) is 18.0. The predicted molar refractivity (Wildman–Crippen MR) is 126 cm³/mol. The Balaban J connectivity index is 1.41. The Morgan fingerprint density at radius 1 is 1.13 bits per heavy atom. The molecule has 0 unspecified atom stereocenters. The molecule has 0 radical (unpaired) electrons. The molecule has 31 heavy (non-hydrogen) atoms. The van der Waals surface area contributed by atoms with E-state index >= 15 is 0 Å². The second-order valence-electron chi connectivity index (χ2n) is 9.19. The van der Waals surface area contributed by atoms with Gasteiger partial charge in [-0.05, 0) is 80.1 Å². The Hall–Kier alpha value is -2.92. The number of rotatable bonds is 5. The van der Waals surface area contributed by atoms with Gasteiger partial charge in [0.05, 0.1) is 12.0 Å². The van der Waals surface area contributed by atoms with E-state index < -0.39 is 0 Å². The van der Waals surface area contributed by atoms with Crippen LogP contribution in [-0.2, 0) is 6.54 Å². The maximum Gasteiger partial charge on any atom is 0.0922 e. The van der Waals surface area contributed by atoms with Crippen LogP contribution in [0.2, 0.25) is 0 Å². The smallest absolute Gasteiger partial charge is 0.0922 e. The number of imidazole rings is 1. The van der Waals surface area contributed by atoms with Crippen molar-refractivity contribution in [2.24, 2.45) is 0 Å². The molecule has 1 aliphatic heterocycles. The molecule has 1 aliphatic rings. The van der Waals surface area contributed by atoms with Crippen molar-refractivity contribution in [2.45, 2.75) is 52.0 Å². The van der Waals surface area contributed by atoms with Crippen molar-refractivity contribution in [3.8, 4) is 11.3 Å². The molecule has 5 rings (SSSR count). The first-order chi connectivity index (χ1) is 15.1. The number of H-pyrrole nitrogens is 2. The van der Waals surface area contributed by atoms with Crippen LogP contribution in [-0.4, -0.2) is 37.9 Å². The van der Waals surface area contributed by atoms with E-state index in [1.165, 1.54) is 51.8 Å². The van der Waals surface area contributed by atoms with Gasteiger partial charge in [-0.1, -0.05) is 19.9 Å². The Labute approximate surface area is 183 Å². The highest BCUT2D eigenvalue weighted by molar-refractivity contribution is 5.92. The lowest BCUT2D eigenvalue weighted by molar-refractivity contribution is 0.203. The highest BCUT2D eigenvalue weighted by Crippen LogP contribution is 2.38. The third-order valence-electron chi connectivity index (χ3n) is 6.63. The summed E-state index contributed by atoms with van der Waals surface area (Å²) in [7, 11) is 0. The molecule has 0 amide bonds. The molecule has 2 N–H and O–H groups in total. The number of nitrogens with one attached hydrogen (secondary N) is 2. The summed E-state index contributed by atoms with van der Waals surface area (Å²) in [6.45, 7) is 9.87. The number of piperidine rings is 1. The quantitative estimate of drug-likeness (QED) is 0.437. The van der Waals surface area contributed by atoms with Gasteiger partial charge in [0, 0.05) is 46.8 Å². The van der Waals surface area contributed by atoms with Crippen molar-refractivity contribution in [1.82, 2.24) is 24.8 Å². The molecule has 0 saturated carbocycles. The van der Waals surface area contributed by atoms with E-state index in [0.717, 1.165) is 25.3 Å². The van der Waals surface area contributed by atoms with Crippen molar-refractivity contribution < 1.29 is 0 Å². The SMILES string of the molecule is Cc1cc(-c2[nH]c3ccc(C4CCN(Cc5cnc[nH]5)CC4)cc3c2C(C)C)ccn1. The Morgan fingerprint density at radius 2 is 1.97 bits per heavy atom. The third kappa shape index (κ3) is 4.02. The molecule has 1 fully saturated rings. The van der Waals surface area contributed by atoms with Crippen LogP contribution in [0.5, 0.6) is 0 Å². The van der Waals surface area contributed by atoms with Gasteiger partial charge in [-0.2, -0.15) is 0 Å². The van der Waals surface area contributed by atoms with Gasteiger partial charge in [0.25, 0.3) is 0 Å². The molecular formula is C26H31N5. The first-order valence-corrected chi connectivity index (χ1v) is 11.4. The van der Waals surface area contributed by atoms with E-state index in [1.807, 2.05) is 12.4 Å². The van der Waals surface area contributed by atoms with E-state index in [4.69, 9.17) is 0 Å². The summed E-state index contributed by atoms with van der Waals surface area (Å²) >= 11 is 0. The molecule has 0 bridgehead atoms. The molecule has 160 valence electrons. The molecular weight excluding hydrogens is 382 g/mol. The van der Waals surface area contributed by atoms with Crippen molar-refractivity contribution >= 4 is 10.9 Å². The minimum Gasteiger partial charge on any atom is -0.354 e. The molecule has 1 aromatic carbocycles. The summed E-state index contributed by atoms with van der Waals surface area (Å²) < 4.78 is 0. The van der Waals surface area contributed by atoms with Gasteiger partial charge in [0.15, 0.2) is 0 Å². The zero-order chi connectivity index (χ0) is 21.4. The standard InChI is InChI=1S/C26H31N5/c1-17(2)25-23-13-20(19-7-10-31(11-8-19)15-22-14-27-16-29-22)4-5-24(23)30-26(25)21-6-9-28-18(3)12-21/h4-6,9,12-14,16-17,19,30H,7-8,10-11,15H2,1-3H3,(H,27,29). The minimum absolute atomic E-state index is 0.448. The maximum atomic E-state index is 4.38.